The summed E-state index contributed by atoms with van der Waals surface area (Å²) in [5.41, 5.74) is -0.949. The van der Waals surface area contributed by atoms with Crippen molar-refractivity contribution in [1.29, 1.82) is 0 Å². The lowest BCUT2D eigenvalue weighted by atomic mass is 9.80. The number of pyridine rings is 1. The Kier molecular flexibility index (Phi) is 7.75. The summed E-state index contributed by atoms with van der Waals surface area (Å²) >= 11 is 0. The summed E-state index contributed by atoms with van der Waals surface area (Å²) in [4.78, 5) is 32.1. The molecule has 1 saturated carbocycles. The number of amides is 2. The molecule has 1 aromatic carbocycles. The highest BCUT2D eigenvalue weighted by atomic mass is 32.2. The molecule has 10 nitrogen and oxygen atoms in total. The molecule has 0 unspecified atom stereocenters. The number of fused-ring (bicyclic) bond motifs is 1. The molecule has 1 aliphatic heterocycles. The molecule has 0 spiro atoms. The van der Waals surface area contributed by atoms with Gasteiger partial charge in [-0.1, -0.05) is 43.5 Å². The number of nitrogens with zero attached hydrogens (tertiary/aromatic N) is 2. The van der Waals surface area contributed by atoms with Crippen LogP contribution < -0.4 is 10.6 Å². The summed E-state index contributed by atoms with van der Waals surface area (Å²) in [6.45, 7) is 2.08. The number of aromatic nitrogens is 1. The Balaban J connectivity index is 1.56. The average Bonchev–Trinajstić information content (AvgIpc) is 3.32. The third-order valence-corrected chi connectivity index (χ3v) is 9.52. The van der Waals surface area contributed by atoms with Crippen molar-refractivity contribution in [2.24, 2.45) is 0 Å². The Morgan fingerprint density at radius 1 is 1.10 bits per heavy atom. The molecular formula is C28H34N4O6S. The predicted octanol–water partition coefficient (Wildman–Crippen LogP) is 2.98. The van der Waals surface area contributed by atoms with Gasteiger partial charge in [0, 0.05) is 24.2 Å². The standard InChI is InChI=1S/C28H34N4O6S/c1-19-12-13-21(22(33)18-30-19)32(39(36,37)25-11-5-8-16-29-25)27(35)28(14-6-2-7-15-28)31-26(34)24-17-20-9-3-4-10-23(20)38-24/h3-5,8-11,16-17,19,21-22,30,33H,2,6-7,12-15,18H2,1H3,(H,31,34)/t19-,21+,22+/m1/s1. The van der Waals surface area contributed by atoms with Gasteiger partial charge < -0.3 is 20.2 Å². The molecular weight excluding hydrogens is 520 g/mol. The first kappa shape index (κ1) is 27.3. The van der Waals surface area contributed by atoms with Gasteiger partial charge in [-0.15, -0.1) is 0 Å². The number of hydrogen-bond donors (Lipinski definition) is 3. The lowest BCUT2D eigenvalue weighted by molar-refractivity contribution is -0.138. The van der Waals surface area contributed by atoms with Crippen molar-refractivity contribution in [3.63, 3.8) is 0 Å². The lowest BCUT2D eigenvalue weighted by Gasteiger charge is -2.42. The molecule has 3 aromatic rings. The zero-order valence-electron chi connectivity index (χ0n) is 21.9. The Bertz CT molecular complexity index is 1400. The normalized spacial score (nSPS) is 23.6. The molecule has 39 heavy (non-hydrogen) atoms. The Hall–Kier alpha value is -3.28. The van der Waals surface area contributed by atoms with Crippen LogP contribution in [0.2, 0.25) is 0 Å². The minimum absolute atomic E-state index is 0.0376. The van der Waals surface area contributed by atoms with Crippen LogP contribution in [0.4, 0.5) is 0 Å². The molecule has 3 N–H and O–H groups in total. The van der Waals surface area contributed by atoms with Gasteiger partial charge in [-0.3, -0.25) is 9.59 Å². The predicted molar refractivity (Wildman–Crippen MR) is 144 cm³/mol. The van der Waals surface area contributed by atoms with E-state index in [9.17, 15) is 23.1 Å². The highest BCUT2D eigenvalue weighted by Crippen LogP contribution is 2.35. The average molecular weight is 555 g/mol. The molecule has 2 fully saturated rings. The van der Waals surface area contributed by atoms with E-state index in [1.165, 1.54) is 18.3 Å². The minimum Gasteiger partial charge on any atom is -0.451 e. The molecule has 1 saturated heterocycles. The summed E-state index contributed by atoms with van der Waals surface area (Å²) < 4.78 is 34.7. The van der Waals surface area contributed by atoms with Gasteiger partial charge in [-0.2, -0.15) is 8.42 Å². The maximum Gasteiger partial charge on any atom is 0.287 e. The molecule has 2 aromatic heterocycles. The molecule has 2 amide bonds. The molecule has 0 bridgehead atoms. The summed E-state index contributed by atoms with van der Waals surface area (Å²) in [7, 11) is -4.46. The Labute approximate surface area is 227 Å². The van der Waals surface area contributed by atoms with E-state index >= 15 is 0 Å². The maximum absolute atomic E-state index is 14.6. The minimum atomic E-state index is -4.46. The number of rotatable bonds is 6. The fraction of sp³-hybridized carbons (Fsp3) is 0.464. The van der Waals surface area contributed by atoms with Crippen LogP contribution in [-0.4, -0.2) is 64.9 Å². The number of aliphatic hydroxyl groups is 1. The number of furan rings is 1. The van der Waals surface area contributed by atoms with Crippen LogP contribution in [0.3, 0.4) is 0 Å². The van der Waals surface area contributed by atoms with Gasteiger partial charge in [0.15, 0.2) is 10.8 Å². The van der Waals surface area contributed by atoms with Crippen molar-refractivity contribution in [3.8, 4) is 0 Å². The monoisotopic (exact) mass is 554 g/mol. The smallest absolute Gasteiger partial charge is 0.287 e. The number of para-hydroxylation sites is 1. The highest BCUT2D eigenvalue weighted by molar-refractivity contribution is 7.89. The zero-order valence-corrected chi connectivity index (χ0v) is 22.7. The SMILES string of the molecule is C[C@@H]1CC[C@H](N(C(=O)C2(NC(=O)c3cc4ccccc4o3)CCCCC2)S(=O)(=O)c2ccccn2)[C@@H](O)CN1. The molecule has 2 aliphatic rings. The van der Waals surface area contributed by atoms with E-state index in [0.717, 1.165) is 16.1 Å². The Morgan fingerprint density at radius 3 is 2.56 bits per heavy atom. The largest absolute Gasteiger partial charge is 0.451 e. The number of carbonyl (C=O) groups excluding carboxylic acids is 2. The van der Waals surface area contributed by atoms with Gasteiger partial charge in [0.25, 0.3) is 21.8 Å². The van der Waals surface area contributed by atoms with Crippen molar-refractivity contribution in [1.82, 2.24) is 19.9 Å². The van der Waals surface area contributed by atoms with Gasteiger partial charge in [0.2, 0.25) is 0 Å². The fourth-order valence-corrected chi connectivity index (χ4v) is 7.26. The molecule has 1 aliphatic carbocycles. The van der Waals surface area contributed by atoms with Gasteiger partial charge >= 0.3 is 0 Å². The number of aliphatic hydroxyl groups excluding tert-OH is 1. The lowest BCUT2D eigenvalue weighted by Crippen LogP contribution is -2.64. The topological polar surface area (TPSA) is 142 Å². The van der Waals surface area contributed by atoms with E-state index in [-0.39, 0.29) is 42.6 Å². The molecule has 3 heterocycles. The number of benzene rings is 1. The summed E-state index contributed by atoms with van der Waals surface area (Å²) in [6.07, 6.45) is 3.70. The fourth-order valence-electron chi connectivity index (χ4n) is 5.62. The van der Waals surface area contributed by atoms with Crippen molar-refractivity contribution in [2.75, 3.05) is 6.54 Å². The molecule has 3 atom stereocenters. The van der Waals surface area contributed by atoms with E-state index in [0.29, 0.717) is 24.8 Å². The van der Waals surface area contributed by atoms with Gasteiger partial charge in [-0.25, -0.2) is 9.29 Å². The number of hydrogen-bond acceptors (Lipinski definition) is 8. The first-order chi connectivity index (χ1) is 18.7. The zero-order chi connectivity index (χ0) is 27.6. The first-order valence-corrected chi connectivity index (χ1v) is 14.9. The number of β-amino-alcohol motifs (C(OH)–C–C–N with tert-alkyl or cyclic N) is 1. The summed E-state index contributed by atoms with van der Waals surface area (Å²) in [5.74, 6) is -1.30. The van der Waals surface area contributed by atoms with Gasteiger partial charge in [0.1, 0.15) is 11.1 Å². The number of sulfonamides is 1. The molecule has 0 radical (unpaired) electrons. The number of carbonyl (C=O) groups is 2. The van der Waals surface area contributed by atoms with Crippen molar-refractivity contribution in [2.45, 2.75) is 80.6 Å². The van der Waals surface area contributed by atoms with Crippen molar-refractivity contribution < 1.29 is 27.5 Å². The molecule has 5 rings (SSSR count). The van der Waals surface area contributed by atoms with E-state index in [1.54, 1.807) is 24.3 Å². The summed E-state index contributed by atoms with van der Waals surface area (Å²) in [5, 5.41) is 17.6. The maximum atomic E-state index is 14.6. The molecule has 208 valence electrons. The van der Waals surface area contributed by atoms with E-state index in [2.05, 4.69) is 15.6 Å². The summed E-state index contributed by atoms with van der Waals surface area (Å²) in [6, 6.07) is 12.3. The van der Waals surface area contributed by atoms with E-state index in [4.69, 9.17) is 4.42 Å². The van der Waals surface area contributed by atoms with Crippen LogP contribution in [0.1, 0.15) is 62.4 Å². The van der Waals surface area contributed by atoms with Crippen LogP contribution in [0.5, 0.6) is 0 Å². The Morgan fingerprint density at radius 2 is 1.85 bits per heavy atom. The second-order valence-electron chi connectivity index (χ2n) is 10.5. The number of nitrogens with one attached hydrogen (secondary N) is 2. The van der Waals surface area contributed by atoms with Crippen molar-refractivity contribution >= 4 is 32.8 Å². The van der Waals surface area contributed by atoms with Crippen LogP contribution in [-0.2, 0) is 14.8 Å². The third-order valence-electron chi connectivity index (χ3n) is 7.80. The van der Waals surface area contributed by atoms with E-state index in [1.807, 2.05) is 19.1 Å². The second-order valence-corrected chi connectivity index (χ2v) is 12.3. The van der Waals surface area contributed by atoms with E-state index < -0.39 is 39.5 Å². The quantitative estimate of drug-likeness (QED) is 0.422. The second kappa shape index (κ2) is 11.1. The van der Waals surface area contributed by atoms with Crippen molar-refractivity contribution in [3.05, 3.63) is 60.5 Å². The third kappa shape index (κ3) is 5.43. The van der Waals surface area contributed by atoms with Crippen LogP contribution in [0.15, 0.2) is 64.2 Å². The van der Waals surface area contributed by atoms with Crippen LogP contribution in [0.25, 0.3) is 11.0 Å². The highest BCUT2D eigenvalue weighted by Gasteiger charge is 2.51. The van der Waals surface area contributed by atoms with Gasteiger partial charge in [-0.05, 0) is 56.9 Å². The first-order valence-electron chi connectivity index (χ1n) is 13.4. The van der Waals surface area contributed by atoms with Gasteiger partial charge in [0.05, 0.1) is 12.1 Å². The molecule has 11 heteroatoms. The van der Waals surface area contributed by atoms with Crippen LogP contribution in [0, 0.1) is 0 Å². The van der Waals surface area contributed by atoms with Crippen LogP contribution >= 0.6 is 0 Å².